The van der Waals surface area contributed by atoms with E-state index in [0.29, 0.717) is 10.4 Å². The van der Waals surface area contributed by atoms with Crippen molar-refractivity contribution in [2.24, 2.45) is 0 Å². The van der Waals surface area contributed by atoms with Crippen molar-refractivity contribution >= 4 is 67.4 Å². The van der Waals surface area contributed by atoms with Gasteiger partial charge >= 0.3 is 0 Å². The average Bonchev–Trinajstić information content (AvgIpc) is 3.50. The summed E-state index contributed by atoms with van der Waals surface area (Å²) in [4.78, 5) is 9.32. The molecule has 3 nitrogen and oxygen atoms in total. The van der Waals surface area contributed by atoms with Crippen LogP contribution in [0, 0.1) is 13.8 Å². The average molecular weight is 517 g/mol. The van der Waals surface area contributed by atoms with Crippen molar-refractivity contribution in [3.05, 3.63) is 118 Å². The van der Waals surface area contributed by atoms with Gasteiger partial charge in [0.25, 0.3) is 10.4 Å². The Kier molecular flexibility index (Phi) is 6.39. The molecule has 0 bridgehead atoms. The normalized spacial score (nSPS) is 11.8. The molecule has 0 spiro atoms. The topological polar surface area (TPSA) is 35.0 Å². The second kappa shape index (κ2) is 10.1. The Bertz CT molecular complexity index is 1630. The minimum absolute atomic E-state index is 0.605. The molecule has 37 heavy (non-hydrogen) atoms. The van der Waals surface area contributed by atoms with E-state index in [-0.39, 0.29) is 0 Å². The molecule has 0 radical (unpaired) electrons. The number of rotatable bonds is 6. The van der Waals surface area contributed by atoms with Crippen LogP contribution in [0.2, 0.25) is 0 Å². The molecule has 5 heteroatoms. The number of hydrogen-bond donors (Lipinski definition) is 0. The quantitative estimate of drug-likeness (QED) is 0.207. The lowest BCUT2D eigenvalue weighted by molar-refractivity contribution is 0.478. The van der Waals surface area contributed by atoms with Crippen molar-refractivity contribution < 1.29 is 4.74 Å². The zero-order valence-electron chi connectivity index (χ0n) is 20.5. The van der Waals surface area contributed by atoms with E-state index in [1.807, 2.05) is 12.1 Å². The molecule has 4 aromatic carbocycles. The van der Waals surface area contributed by atoms with Crippen molar-refractivity contribution in [3.63, 3.8) is 0 Å². The third-order valence-corrected chi connectivity index (χ3v) is 7.84. The minimum atomic E-state index is 0.605. The molecule has 0 aliphatic heterocycles. The van der Waals surface area contributed by atoms with Crippen LogP contribution in [0.4, 0.5) is 0 Å². The van der Waals surface area contributed by atoms with E-state index in [4.69, 9.17) is 4.74 Å². The van der Waals surface area contributed by atoms with Crippen LogP contribution >= 0.6 is 22.7 Å². The summed E-state index contributed by atoms with van der Waals surface area (Å²) in [5.41, 5.74) is 9.02. The molecule has 0 amide bonds. The summed E-state index contributed by atoms with van der Waals surface area (Å²) in [7, 11) is 0. The SMILES string of the molecule is Cc1ccc(C=Cc2ccc3nc(Oc4nc5ccc(C=Cc6ccc(C)cc6)cc5s4)sc3c2)cc1. The predicted octanol–water partition coefficient (Wildman–Crippen LogP) is 9.66. The van der Waals surface area contributed by atoms with Crippen LogP contribution in [0.25, 0.3) is 44.7 Å². The largest absolute Gasteiger partial charge is 0.402 e. The first-order valence-electron chi connectivity index (χ1n) is 12.1. The van der Waals surface area contributed by atoms with Gasteiger partial charge in [0.2, 0.25) is 0 Å². The van der Waals surface area contributed by atoms with Gasteiger partial charge in [0, 0.05) is 0 Å². The van der Waals surface area contributed by atoms with Crippen molar-refractivity contribution in [1.82, 2.24) is 9.97 Å². The molecule has 0 aliphatic rings. The standard InChI is InChI=1S/C32H24N2OS2/c1-21-3-7-23(8-4-21)11-13-25-15-17-27-29(19-25)36-31(33-27)35-32-34-28-18-16-26(20-30(28)37-32)14-12-24-9-5-22(2)6-10-24/h3-20H,1-2H3. The molecule has 6 aromatic rings. The number of hydrogen-bond acceptors (Lipinski definition) is 5. The van der Waals surface area contributed by atoms with E-state index in [9.17, 15) is 0 Å². The van der Waals surface area contributed by atoms with E-state index in [0.717, 1.165) is 31.6 Å². The molecule has 6 rings (SSSR count). The molecule has 0 fully saturated rings. The zero-order valence-corrected chi connectivity index (χ0v) is 22.1. The highest BCUT2D eigenvalue weighted by Crippen LogP contribution is 2.36. The number of aryl methyl sites for hydroxylation is 2. The maximum Gasteiger partial charge on any atom is 0.281 e. The number of thiazole rings is 2. The van der Waals surface area contributed by atoms with Gasteiger partial charge in [-0.15, -0.1) is 0 Å². The summed E-state index contributed by atoms with van der Waals surface area (Å²) >= 11 is 3.08. The molecule has 2 heterocycles. The third kappa shape index (κ3) is 5.53. The van der Waals surface area contributed by atoms with E-state index in [1.54, 1.807) is 0 Å². The number of ether oxygens (including phenoxy) is 1. The number of benzene rings is 4. The van der Waals surface area contributed by atoms with Gasteiger partial charge in [-0.1, -0.05) is 119 Å². The summed E-state index contributed by atoms with van der Waals surface area (Å²) in [5, 5.41) is 1.21. The van der Waals surface area contributed by atoms with Gasteiger partial charge in [-0.3, -0.25) is 0 Å². The van der Waals surface area contributed by atoms with E-state index < -0.39 is 0 Å². The Morgan fingerprint density at radius 2 is 0.892 bits per heavy atom. The Morgan fingerprint density at radius 3 is 1.32 bits per heavy atom. The Balaban J connectivity index is 1.18. The fraction of sp³-hybridized carbons (Fsp3) is 0.0625. The fourth-order valence-corrected chi connectivity index (χ4v) is 5.73. The van der Waals surface area contributed by atoms with E-state index in [2.05, 4.69) is 121 Å². The molecule has 0 aliphatic carbocycles. The van der Waals surface area contributed by atoms with Crippen molar-refractivity contribution in [1.29, 1.82) is 0 Å². The molecule has 0 atom stereocenters. The summed E-state index contributed by atoms with van der Waals surface area (Å²) in [6, 6.07) is 29.6. The smallest absolute Gasteiger partial charge is 0.281 e. The number of fused-ring (bicyclic) bond motifs is 2. The highest BCUT2D eigenvalue weighted by Gasteiger charge is 2.11. The van der Waals surface area contributed by atoms with Crippen LogP contribution < -0.4 is 4.74 Å². The molecular formula is C32H24N2OS2. The van der Waals surface area contributed by atoms with Crippen molar-refractivity contribution in [2.45, 2.75) is 13.8 Å². The fourth-order valence-electron chi connectivity index (χ4n) is 3.95. The maximum atomic E-state index is 6.09. The van der Waals surface area contributed by atoms with Gasteiger partial charge in [-0.05, 0) is 60.4 Å². The highest BCUT2D eigenvalue weighted by atomic mass is 32.1. The maximum absolute atomic E-state index is 6.09. The summed E-state index contributed by atoms with van der Waals surface area (Å²) < 4.78 is 8.27. The lowest BCUT2D eigenvalue weighted by Crippen LogP contribution is -1.80. The van der Waals surface area contributed by atoms with Crippen molar-refractivity contribution in [3.8, 4) is 10.4 Å². The highest BCUT2D eigenvalue weighted by molar-refractivity contribution is 7.21. The Morgan fingerprint density at radius 1 is 0.514 bits per heavy atom. The van der Waals surface area contributed by atoms with Gasteiger partial charge in [0.05, 0.1) is 20.4 Å². The van der Waals surface area contributed by atoms with Gasteiger partial charge in [-0.2, -0.15) is 0 Å². The second-order valence-electron chi connectivity index (χ2n) is 9.00. The van der Waals surface area contributed by atoms with Gasteiger partial charge in [0.1, 0.15) is 0 Å². The molecule has 180 valence electrons. The Hall–Kier alpha value is -4.06. The Labute approximate surface area is 224 Å². The summed E-state index contributed by atoms with van der Waals surface area (Å²) in [6.45, 7) is 4.20. The van der Waals surface area contributed by atoms with E-state index in [1.165, 1.54) is 44.9 Å². The summed E-state index contributed by atoms with van der Waals surface area (Å²) in [6.07, 6.45) is 8.51. The first-order valence-corrected chi connectivity index (χ1v) is 13.7. The molecule has 0 saturated heterocycles. The van der Waals surface area contributed by atoms with Crippen LogP contribution in [-0.4, -0.2) is 9.97 Å². The van der Waals surface area contributed by atoms with Crippen LogP contribution in [0.15, 0.2) is 84.9 Å². The van der Waals surface area contributed by atoms with Gasteiger partial charge < -0.3 is 4.74 Å². The van der Waals surface area contributed by atoms with Crippen LogP contribution in [0.3, 0.4) is 0 Å². The molecule has 0 N–H and O–H groups in total. The lowest BCUT2D eigenvalue weighted by atomic mass is 10.1. The molecular weight excluding hydrogens is 492 g/mol. The first kappa shape index (κ1) is 23.3. The van der Waals surface area contributed by atoms with E-state index >= 15 is 0 Å². The number of nitrogens with zero attached hydrogens (tertiary/aromatic N) is 2. The third-order valence-electron chi connectivity index (χ3n) is 6.05. The monoisotopic (exact) mass is 516 g/mol. The second-order valence-corrected chi connectivity index (χ2v) is 11.0. The van der Waals surface area contributed by atoms with Crippen LogP contribution in [0.5, 0.6) is 10.4 Å². The van der Waals surface area contributed by atoms with Crippen LogP contribution in [0.1, 0.15) is 33.4 Å². The first-order chi connectivity index (χ1) is 18.1. The van der Waals surface area contributed by atoms with Gasteiger partial charge in [-0.25, -0.2) is 9.97 Å². The lowest BCUT2D eigenvalue weighted by Gasteiger charge is -1.96. The predicted molar refractivity (Wildman–Crippen MR) is 160 cm³/mol. The molecule has 0 unspecified atom stereocenters. The zero-order chi connectivity index (χ0) is 25.2. The van der Waals surface area contributed by atoms with Crippen LogP contribution in [-0.2, 0) is 0 Å². The van der Waals surface area contributed by atoms with Crippen molar-refractivity contribution in [2.75, 3.05) is 0 Å². The molecule has 2 aromatic heterocycles. The minimum Gasteiger partial charge on any atom is -0.402 e. The number of aromatic nitrogens is 2. The summed E-state index contributed by atoms with van der Waals surface area (Å²) in [5.74, 6) is 0. The van der Waals surface area contributed by atoms with Gasteiger partial charge in [0.15, 0.2) is 0 Å². The molecule has 0 saturated carbocycles.